The SMILES string of the molecule is C=C/C(=C(\N=CC)[C@H](C)OC)c1c2c3cc(ccc3n1CC)-c1cccc(c1)C[C@H](NC(=O)[C@H](C(C)C)N1CC[C@@]3(CCN(C(=O)C#CC)C3)C1=O)C(=O)N1CCC[C@@](O)(N1)C(=O)OCC(C)(C)C2. The van der Waals surface area contributed by atoms with Crippen molar-refractivity contribution in [2.24, 2.45) is 21.7 Å². The van der Waals surface area contributed by atoms with Gasteiger partial charge in [0, 0.05) is 80.8 Å². The minimum absolute atomic E-state index is 0.0137. The van der Waals surface area contributed by atoms with Crippen LogP contribution in [0.15, 0.2) is 65.8 Å². The van der Waals surface area contributed by atoms with Gasteiger partial charge in [0.15, 0.2) is 0 Å². The smallest absolute Gasteiger partial charge is 0.355 e. The molecule has 4 aliphatic rings. The summed E-state index contributed by atoms with van der Waals surface area (Å²) in [6.45, 7) is 21.2. The molecule has 2 aromatic carbocycles. The first-order valence-corrected chi connectivity index (χ1v) is 24.3. The third kappa shape index (κ3) is 10.0. The Morgan fingerprint density at radius 2 is 1.81 bits per heavy atom. The molecule has 6 bridgehead atoms. The van der Waals surface area contributed by atoms with Crippen LogP contribution in [0.2, 0.25) is 0 Å². The number of nitrogens with zero attached hydrogens (tertiary/aromatic N) is 5. The van der Waals surface area contributed by atoms with Crippen molar-refractivity contribution in [3.05, 3.63) is 77.6 Å². The van der Waals surface area contributed by atoms with Crippen molar-refractivity contribution < 1.29 is 38.6 Å². The van der Waals surface area contributed by atoms with E-state index in [9.17, 15) is 29.1 Å². The van der Waals surface area contributed by atoms with Crippen molar-refractivity contribution in [3.8, 4) is 23.0 Å². The Labute approximate surface area is 406 Å². The molecule has 3 aromatic rings. The summed E-state index contributed by atoms with van der Waals surface area (Å²) in [5, 5.41) is 17.2. The van der Waals surface area contributed by atoms with Crippen LogP contribution in [0.3, 0.4) is 0 Å². The van der Waals surface area contributed by atoms with Crippen molar-refractivity contribution in [1.29, 1.82) is 0 Å². The second-order valence-corrected chi connectivity index (χ2v) is 20.1. The normalized spacial score (nSPS) is 24.2. The first-order valence-electron chi connectivity index (χ1n) is 24.3. The number of hydrogen-bond acceptors (Lipinski definition) is 10. The fraction of sp³-hybridized carbons (Fsp3) is 0.519. The number of likely N-dealkylation sites (tertiary alicyclic amines) is 2. The lowest BCUT2D eigenvalue weighted by Crippen LogP contribution is -2.67. The molecule has 3 saturated heterocycles. The van der Waals surface area contributed by atoms with E-state index in [0.29, 0.717) is 38.9 Å². The second-order valence-electron chi connectivity index (χ2n) is 20.1. The Morgan fingerprint density at radius 1 is 1.07 bits per heavy atom. The van der Waals surface area contributed by atoms with Crippen LogP contribution >= 0.6 is 0 Å². The molecule has 5 heterocycles. The first kappa shape index (κ1) is 50.8. The average Bonchev–Trinajstić information content (AvgIpc) is 4.00. The summed E-state index contributed by atoms with van der Waals surface area (Å²) < 4.78 is 14.1. The molecule has 0 saturated carbocycles. The number of esters is 1. The van der Waals surface area contributed by atoms with Crippen LogP contribution in [0.4, 0.5) is 0 Å². The number of rotatable bonds is 10. The first-order chi connectivity index (χ1) is 32.8. The maximum absolute atomic E-state index is 14.8. The second kappa shape index (κ2) is 20.5. The lowest BCUT2D eigenvalue weighted by atomic mass is 9.84. The number of amides is 4. The highest BCUT2D eigenvalue weighted by Crippen LogP contribution is 2.43. The van der Waals surface area contributed by atoms with Crippen LogP contribution in [0.1, 0.15) is 97.9 Å². The number of hydrazine groups is 1. The molecular weight excluding hydrogens is 875 g/mol. The van der Waals surface area contributed by atoms with Gasteiger partial charge in [0.25, 0.3) is 11.8 Å². The highest BCUT2D eigenvalue weighted by Gasteiger charge is 2.54. The Hall–Kier alpha value is -6.08. The van der Waals surface area contributed by atoms with E-state index >= 15 is 0 Å². The van der Waals surface area contributed by atoms with E-state index in [4.69, 9.17) is 14.5 Å². The summed E-state index contributed by atoms with van der Waals surface area (Å²) in [6.07, 6.45) is 4.95. The van der Waals surface area contributed by atoms with Gasteiger partial charge >= 0.3 is 5.97 Å². The number of aromatic nitrogens is 1. The van der Waals surface area contributed by atoms with E-state index in [2.05, 4.69) is 58.9 Å². The number of allylic oxidation sites excluding steroid dienone is 2. The molecule has 368 valence electrons. The van der Waals surface area contributed by atoms with E-state index in [1.807, 2.05) is 71.9 Å². The van der Waals surface area contributed by atoms with Crippen LogP contribution in [-0.2, 0) is 52.8 Å². The summed E-state index contributed by atoms with van der Waals surface area (Å²) in [7, 11) is 1.65. The highest BCUT2D eigenvalue weighted by molar-refractivity contribution is 5.98. The predicted molar refractivity (Wildman–Crippen MR) is 266 cm³/mol. The van der Waals surface area contributed by atoms with Crippen molar-refractivity contribution >= 4 is 52.3 Å². The maximum Gasteiger partial charge on any atom is 0.355 e. The minimum Gasteiger partial charge on any atom is -0.462 e. The van der Waals surface area contributed by atoms with Crippen molar-refractivity contribution in [2.75, 3.05) is 39.9 Å². The molecule has 0 unspecified atom stereocenters. The number of cyclic esters (lactones) is 1. The Kier molecular flexibility index (Phi) is 15.1. The Morgan fingerprint density at radius 3 is 2.49 bits per heavy atom. The molecule has 7 rings (SSSR count). The van der Waals surface area contributed by atoms with E-state index < -0.39 is 46.4 Å². The lowest BCUT2D eigenvalue weighted by Gasteiger charge is -2.40. The number of aliphatic hydroxyl groups is 1. The van der Waals surface area contributed by atoms with Crippen LogP contribution < -0.4 is 10.7 Å². The fourth-order valence-corrected chi connectivity index (χ4v) is 10.7. The summed E-state index contributed by atoms with van der Waals surface area (Å²) >= 11 is 0. The van der Waals surface area contributed by atoms with Crippen LogP contribution in [0.5, 0.6) is 0 Å². The van der Waals surface area contributed by atoms with Gasteiger partial charge in [-0.3, -0.25) is 29.2 Å². The molecule has 0 aliphatic carbocycles. The van der Waals surface area contributed by atoms with Crippen molar-refractivity contribution in [3.63, 3.8) is 0 Å². The number of ether oxygens (including phenoxy) is 2. The molecular formula is C54H69N7O8. The van der Waals surface area contributed by atoms with Crippen LogP contribution in [0, 0.1) is 28.6 Å². The maximum atomic E-state index is 14.8. The van der Waals surface area contributed by atoms with Crippen LogP contribution in [-0.4, -0.2) is 124 Å². The van der Waals surface area contributed by atoms with Crippen LogP contribution in [0.25, 0.3) is 27.6 Å². The topological polar surface area (TPSA) is 175 Å². The molecule has 3 N–H and O–H groups in total. The fourth-order valence-electron chi connectivity index (χ4n) is 10.7. The van der Waals surface area contributed by atoms with Gasteiger partial charge in [-0.15, -0.1) is 0 Å². The summed E-state index contributed by atoms with van der Waals surface area (Å²) in [5.41, 5.74) is 6.15. The number of carbonyl (C=O) groups is 5. The molecule has 0 radical (unpaired) electrons. The molecule has 4 aliphatic heterocycles. The quantitative estimate of drug-likeness (QED) is 0.0980. The third-order valence-corrected chi connectivity index (χ3v) is 14.3. The molecule has 15 nitrogen and oxygen atoms in total. The van der Waals surface area contributed by atoms with Crippen molar-refractivity contribution in [1.82, 2.24) is 30.1 Å². The summed E-state index contributed by atoms with van der Waals surface area (Å²) in [4.78, 5) is 78.7. The third-order valence-electron chi connectivity index (χ3n) is 14.3. The highest BCUT2D eigenvalue weighted by atomic mass is 16.6. The lowest BCUT2D eigenvalue weighted by molar-refractivity contribution is -0.189. The molecule has 4 amide bonds. The van der Waals surface area contributed by atoms with Gasteiger partial charge in [-0.2, -0.15) is 5.43 Å². The molecule has 15 heteroatoms. The molecule has 1 spiro atoms. The molecule has 1 aromatic heterocycles. The zero-order valence-electron chi connectivity index (χ0n) is 41.7. The zero-order valence-corrected chi connectivity index (χ0v) is 41.7. The minimum atomic E-state index is -2.24. The number of nitrogens with one attached hydrogen (secondary N) is 2. The van der Waals surface area contributed by atoms with E-state index in [0.717, 1.165) is 50.1 Å². The van der Waals surface area contributed by atoms with Gasteiger partial charge in [0.05, 0.1) is 29.5 Å². The van der Waals surface area contributed by atoms with E-state index in [-0.39, 0.29) is 62.8 Å². The van der Waals surface area contributed by atoms with Gasteiger partial charge in [0.2, 0.25) is 17.5 Å². The number of aliphatic imine (C=N–C) groups is 1. The van der Waals surface area contributed by atoms with Gasteiger partial charge in [-0.25, -0.2) is 4.79 Å². The summed E-state index contributed by atoms with van der Waals surface area (Å²) in [6, 6.07) is 12.1. The zero-order chi connectivity index (χ0) is 50.0. The Balaban J connectivity index is 1.31. The molecule has 3 fully saturated rings. The van der Waals surface area contributed by atoms with E-state index in [1.54, 1.807) is 30.0 Å². The van der Waals surface area contributed by atoms with Gasteiger partial charge in [-0.1, -0.05) is 76.6 Å². The molecule has 69 heavy (non-hydrogen) atoms. The number of carbonyl (C=O) groups excluding carboxylic acids is 5. The number of fused-ring (bicyclic) bond motifs is 6. The summed E-state index contributed by atoms with van der Waals surface area (Å²) in [5.74, 6) is 2.40. The predicted octanol–water partition coefficient (Wildman–Crippen LogP) is 5.82. The van der Waals surface area contributed by atoms with Crippen molar-refractivity contribution in [2.45, 2.75) is 124 Å². The monoisotopic (exact) mass is 944 g/mol. The number of hydrogen-bond donors (Lipinski definition) is 3. The largest absolute Gasteiger partial charge is 0.462 e. The van der Waals surface area contributed by atoms with Gasteiger partial charge in [0.1, 0.15) is 12.1 Å². The van der Waals surface area contributed by atoms with Gasteiger partial charge in [-0.05, 0) is 99.6 Å². The standard InChI is InChI=1S/C54H69N7O8/c1-11-17-44(62)58-26-23-53(32-58)24-27-60(50(53)65)46(34(5)6)48(63)56-42-29-36-18-15-19-37(28-36)38-20-21-43-40(30-38)41(47(59(43)14-4)39(12-2)45(55-13-3)35(7)68-10)31-52(8,9)33-69-51(66)54(67)22-16-25-61(57-54)49(42)64/h12-13,15,18-21,28,30,34-35,42,46,57,67H,2,14,16,22-27,29,31-33H2,1,3-10H3,(H,56,63)/b45-39+,55-13?/t35-,42-,46-,53+,54-/m0/s1. The molecule has 5 atom stereocenters. The number of aryl methyl sites for hydroxylation is 1. The average molecular weight is 944 g/mol. The number of benzene rings is 2. The number of methoxy groups -OCH3 is 1. The van der Waals surface area contributed by atoms with E-state index in [1.165, 1.54) is 5.01 Å². The Bertz CT molecular complexity index is 2650. The van der Waals surface area contributed by atoms with Gasteiger partial charge < -0.3 is 34.3 Å².